The number of nitrogens with one attached hydrogen (secondary N) is 1. The number of hydrogen-bond acceptors (Lipinski definition) is 3. The Morgan fingerprint density at radius 3 is 2.71 bits per heavy atom. The fraction of sp³-hybridized carbons (Fsp3) is 0.500. The van der Waals surface area contributed by atoms with Gasteiger partial charge in [-0.3, -0.25) is 0 Å². The van der Waals surface area contributed by atoms with Crippen LogP contribution in [0.4, 0.5) is 5.69 Å². The highest BCUT2D eigenvalue weighted by Gasteiger charge is 2.44. The molecule has 0 saturated heterocycles. The molecule has 0 amide bonds. The summed E-state index contributed by atoms with van der Waals surface area (Å²) < 4.78 is 24.7. The quantitative estimate of drug-likeness (QED) is 0.789. The first-order valence-electron chi connectivity index (χ1n) is 5.78. The number of para-hydroxylation sites is 1. The van der Waals surface area contributed by atoms with Crippen LogP contribution in [0.1, 0.15) is 19.3 Å². The largest absolute Gasteiger partial charge is 0.382 e. The van der Waals surface area contributed by atoms with Gasteiger partial charge in [0.05, 0.1) is 21.4 Å². The predicted molar refractivity (Wildman–Crippen MR) is 68.3 cm³/mol. The van der Waals surface area contributed by atoms with Gasteiger partial charge >= 0.3 is 0 Å². The van der Waals surface area contributed by atoms with E-state index >= 15 is 0 Å². The Morgan fingerprint density at radius 2 is 2.06 bits per heavy atom. The van der Waals surface area contributed by atoms with Crippen molar-refractivity contribution in [3.63, 3.8) is 0 Å². The van der Waals surface area contributed by atoms with Gasteiger partial charge < -0.3 is 5.32 Å². The van der Waals surface area contributed by atoms with E-state index in [2.05, 4.69) is 5.32 Å². The van der Waals surface area contributed by atoms with Gasteiger partial charge in [0.1, 0.15) is 0 Å². The first-order valence-corrected chi connectivity index (χ1v) is 7.81. The topological polar surface area (TPSA) is 46.2 Å². The molecule has 0 aromatic heterocycles. The number of benzene rings is 1. The van der Waals surface area contributed by atoms with Crippen molar-refractivity contribution < 1.29 is 8.42 Å². The number of hydrogen-bond donors (Lipinski definition) is 1. The molecule has 3 rings (SSSR count). The molecule has 1 aromatic rings. The third-order valence-electron chi connectivity index (χ3n) is 3.86. The van der Waals surface area contributed by atoms with Crippen LogP contribution in [0.15, 0.2) is 23.1 Å². The van der Waals surface area contributed by atoms with Crippen LogP contribution in [0, 0.1) is 5.41 Å². The van der Waals surface area contributed by atoms with Gasteiger partial charge in [0.2, 0.25) is 0 Å². The summed E-state index contributed by atoms with van der Waals surface area (Å²) in [5, 5.41) is 3.72. The summed E-state index contributed by atoms with van der Waals surface area (Å²) in [5.41, 5.74) is 0.513. The summed E-state index contributed by atoms with van der Waals surface area (Å²) in [6.07, 6.45) is 3.11. The summed E-state index contributed by atoms with van der Waals surface area (Å²) >= 11 is 6.07. The molecule has 2 aliphatic rings. The van der Waals surface area contributed by atoms with Gasteiger partial charge in [-0.25, -0.2) is 8.42 Å². The molecule has 5 heteroatoms. The van der Waals surface area contributed by atoms with Crippen molar-refractivity contribution in [1.29, 1.82) is 0 Å². The van der Waals surface area contributed by atoms with Crippen molar-refractivity contribution in [3.05, 3.63) is 23.2 Å². The smallest absolute Gasteiger partial charge is 0.181 e. The summed E-state index contributed by atoms with van der Waals surface area (Å²) in [6, 6.07) is 5.06. The third kappa shape index (κ3) is 1.74. The number of sulfone groups is 1. The van der Waals surface area contributed by atoms with Gasteiger partial charge in [-0.2, -0.15) is 0 Å². The van der Waals surface area contributed by atoms with Crippen molar-refractivity contribution >= 4 is 27.1 Å². The lowest BCUT2D eigenvalue weighted by Gasteiger charge is -2.40. The minimum atomic E-state index is -3.22. The van der Waals surface area contributed by atoms with Crippen LogP contribution in [0.3, 0.4) is 0 Å². The van der Waals surface area contributed by atoms with E-state index in [1.807, 2.05) is 0 Å². The molecule has 0 radical (unpaired) electrons. The molecule has 1 aromatic carbocycles. The zero-order chi connectivity index (χ0) is 12.1. The Bertz CT molecular complexity index is 564. The van der Waals surface area contributed by atoms with Crippen LogP contribution in [0.5, 0.6) is 0 Å². The van der Waals surface area contributed by atoms with Gasteiger partial charge in [0, 0.05) is 12.0 Å². The standard InChI is InChI=1S/C12H14ClNO2S/c13-9-3-1-4-10-11(9)14-7-12(5-2-6-12)8-17(10,15)16/h1,3-4,14H,2,5-8H2. The summed E-state index contributed by atoms with van der Waals surface area (Å²) in [4.78, 5) is 0.355. The third-order valence-corrected chi connectivity index (χ3v) is 6.18. The van der Waals surface area contributed by atoms with Crippen LogP contribution < -0.4 is 5.32 Å². The molecule has 1 spiro atoms. The minimum Gasteiger partial charge on any atom is -0.382 e. The van der Waals surface area contributed by atoms with Crippen molar-refractivity contribution in [2.24, 2.45) is 5.41 Å². The molecule has 1 fully saturated rings. The molecule has 92 valence electrons. The lowest BCUT2D eigenvalue weighted by Crippen LogP contribution is -2.40. The van der Waals surface area contributed by atoms with Crippen LogP contribution in [-0.4, -0.2) is 20.7 Å². The average Bonchev–Trinajstić information content (AvgIpc) is 2.34. The van der Waals surface area contributed by atoms with Crippen LogP contribution in [-0.2, 0) is 9.84 Å². The van der Waals surface area contributed by atoms with E-state index in [0.29, 0.717) is 22.2 Å². The van der Waals surface area contributed by atoms with Gasteiger partial charge in [-0.15, -0.1) is 0 Å². The highest BCUT2D eigenvalue weighted by molar-refractivity contribution is 7.91. The van der Waals surface area contributed by atoms with Crippen molar-refractivity contribution in [3.8, 4) is 0 Å². The fourth-order valence-electron chi connectivity index (χ4n) is 2.74. The van der Waals surface area contributed by atoms with Crippen LogP contribution in [0.2, 0.25) is 5.02 Å². The van der Waals surface area contributed by atoms with Gasteiger partial charge in [-0.1, -0.05) is 24.1 Å². The maximum Gasteiger partial charge on any atom is 0.181 e. The van der Waals surface area contributed by atoms with E-state index in [9.17, 15) is 8.42 Å². The summed E-state index contributed by atoms with van der Waals surface area (Å²) in [5.74, 6) is 0.250. The fourth-order valence-corrected chi connectivity index (χ4v) is 5.17. The second-order valence-corrected chi connectivity index (χ2v) is 7.44. The van der Waals surface area contributed by atoms with Gasteiger partial charge in [-0.05, 0) is 25.0 Å². The maximum absolute atomic E-state index is 12.4. The molecule has 1 aliphatic carbocycles. The first-order chi connectivity index (χ1) is 8.03. The lowest BCUT2D eigenvalue weighted by atomic mass is 9.70. The second kappa shape index (κ2) is 3.62. The number of halogens is 1. The molecule has 0 unspecified atom stereocenters. The first kappa shape index (κ1) is 11.4. The number of fused-ring (bicyclic) bond motifs is 1. The number of rotatable bonds is 0. The summed E-state index contributed by atoms with van der Waals surface area (Å²) in [6.45, 7) is 0.711. The van der Waals surface area contributed by atoms with Crippen molar-refractivity contribution in [2.75, 3.05) is 17.6 Å². The molecule has 0 bridgehead atoms. The zero-order valence-corrected chi connectivity index (χ0v) is 10.9. The van der Waals surface area contributed by atoms with Gasteiger partial charge in [0.15, 0.2) is 9.84 Å². The molecule has 1 saturated carbocycles. The SMILES string of the molecule is O=S1(=O)CC2(CCC2)CNc2c(Cl)cccc21. The van der Waals surface area contributed by atoms with Crippen molar-refractivity contribution in [1.82, 2.24) is 0 Å². The molecule has 1 heterocycles. The van der Waals surface area contributed by atoms with Crippen molar-refractivity contribution in [2.45, 2.75) is 24.2 Å². The van der Waals surface area contributed by atoms with E-state index in [-0.39, 0.29) is 11.2 Å². The molecule has 1 aliphatic heterocycles. The van der Waals surface area contributed by atoms with Gasteiger partial charge in [0.25, 0.3) is 0 Å². The maximum atomic E-state index is 12.4. The molecule has 3 nitrogen and oxygen atoms in total. The minimum absolute atomic E-state index is 0.0683. The van der Waals surface area contributed by atoms with Crippen LogP contribution >= 0.6 is 11.6 Å². The van der Waals surface area contributed by atoms with E-state index < -0.39 is 9.84 Å². The molecular formula is C12H14ClNO2S. The molecule has 0 atom stereocenters. The normalized spacial score (nSPS) is 24.3. The Hall–Kier alpha value is -0.740. The highest BCUT2D eigenvalue weighted by Crippen LogP contribution is 2.46. The predicted octanol–water partition coefficient (Wildman–Crippen LogP) is 2.71. The molecular weight excluding hydrogens is 258 g/mol. The Morgan fingerprint density at radius 1 is 1.29 bits per heavy atom. The lowest BCUT2D eigenvalue weighted by molar-refractivity contribution is 0.184. The van der Waals surface area contributed by atoms with E-state index in [0.717, 1.165) is 19.3 Å². The second-order valence-electron chi connectivity index (χ2n) is 5.08. The Labute approximate surface area is 106 Å². The van der Waals surface area contributed by atoms with E-state index in [1.54, 1.807) is 18.2 Å². The monoisotopic (exact) mass is 271 g/mol. The van der Waals surface area contributed by atoms with Crippen LogP contribution in [0.25, 0.3) is 0 Å². The Balaban J connectivity index is 2.13. The Kier molecular flexibility index (Phi) is 2.42. The molecule has 17 heavy (non-hydrogen) atoms. The molecule has 1 N–H and O–H groups in total. The highest BCUT2D eigenvalue weighted by atomic mass is 35.5. The average molecular weight is 272 g/mol. The number of anilines is 1. The van der Waals surface area contributed by atoms with E-state index in [1.165, 1.54) is 0 Å². The zero-order valence-electron chi connectivity index (χ0n) is 9.37. The van der Waals surface area contributed by atoms with E-state index in [4.69, 9.17) is 11.6 Å². The summed E-state index contributed by atoms with van der Waals surface area (Å²) in [7, 11) is -3.22.